The highest BCUT2D eigenvalue weighted by molar-refractivity contribution is 7.25. The van der Waals surface area contributed by atoms with Crippen molar-refractivity contribution in [1.82, 2.24) is 0 Å². The first-order chi connectivity index (χ1) is 29.0. The fraction of sp³-hybridized carbons (Fsp3) is 0.0526. The number of anilines is 3. The molecule has 0 saturated carbocycles. The summed E-state index contributed by atoms with van der Waals surface area (Å²) in [7, 11) is 0. The Hall–Kier alpha value is -7.00. The lowest BCUT2D eigenvalue weighted by atomic mass is 9.82. The van der Waals surface area contributed by atoms with E-state index in [4.69, 9.17) is 0 Å². The largest absolute Gasteiger partial charge is 0.310 e. The van der Waals surface area contributed by atoms with Crippen molar-refractivity contribution < 1.29 is 0 Å². The standard InChI is InChI=1S/C57H41NS/c1-57(2)52-21-11-8-18-47(52)50-37-42(28-34-53(50)57)45-16-6-7-17-46(45)48-19-9-12-22-54(48)58(43-30-24-39(25-31-43)38-14-4-3-5-15-38)44-32-26-40(27-33-44)41-29-35-56-51(36-41)49-20-10-13-23-55(49)59-56/h3-37H,1-2H3. The molecule has 11 rings (SSSR count). The Morgan fingerprint density at radius 1 is 0.339 bits per heavy atom. The summed E-state index contributed by atoms with van der Waals surface area (Å²) in [5.74, 6) is 0. The van der Waals surface area contributed by atoms with Gasteiger partial charge in [-0.3, -0.25) is 0 Å². The SMILES string of the molecule is CC1(C)c2ccccc2-c2cc(-c3ccccc3-c3ccccc3N(c3ccc(-c4ccccc4)cc3)c3ccc(-c4ccc5sc6ccccc6c5c4)cc3)ccc21. The van der Waals surface area contributed by atoms with Crippen LogP contribution in [0.2, 0.25) is 0 Å². The molecule has 1 nitrogen and oxygen atoms in total. The van der Waals surface area contributed by atoms with Gasteiger partial charge >= 0.3 is 0 Å². The summed E-state index contributed by atoms with van der Waals surface area (Å²) in [5.41, 5.74) is 18.4. The third-order valence-corrected chi connectivity index (χ3v) is 13.5. The highest BCUT2D eigenvalue weighted by Gasteiger charge is 2.35. The van der Waals surface area contributed by atoms with Gasteiger partial charge in [0.05, 0.1) is 5.69 Å². The zero-order valence-corrected chi connectivity index (χ0v) is 33.9. The summed E-state index contributed by atoms with van der Waals surface area (Å²) in [6.45, 7) is 4.69. The van der Waals surface area contributed by atoms with Gasteiger partial charge in [-0.05, 0) is 116 Å². The lowest BCUT2D eigenvalue weighted by molar-refractivity contribution is 0.660. The van der Waals surface area contributed by atoms with E-state index in [0.29, 0.717) is 0 Å². The maximum Gasteiger partial charge on any atom is 0.0540 e. The van der Waals surface area contributed by atoms with Crippen molar-refractivity contribution in [3.05, 3.63) is 223 Å². The normalized spacial score (nSPS) is 12.7. The van der Waals surface area contributed by atoms with Crippen molar-refractivity contribution in [2.24, 2.45) is 0 Å². The molecule has 0 aliphatic heterocycles. The average molecular weight is 772 g/mol. The number of hydrogen-bond acceptors (Lipinski definition) is 2. The van der Waals surface area contributed by atoms with Crippen LogP contribution in [0.25, 0.3) is 75.8 Å². The number of para-hydroxylation sites is 1. The van der Waals surface area contributed by atoms with Gasteiger partial charge in [0.2, 0.25) is 0 Å². The molecule has 0 N–H and O–H groups in total. The van der Waals surface area contributed by atoms with Gasteiger partial charge in [-0.2, -0.15) is 0 Å². The molecule has 2 heteroatoms. The number of thiophene rings is 1. The number of nitrogens with zero attached hydrogens (tertiary/aromatic N) is 1. The van der Waals surface area contributed by atoms with E-state index in [1.807, 2.05) is 11.3 Å². The smallest absolute Gasteiger partial charge is 0.0540 e. The van der Waals surface area contributed by atoms with Crippen LogP contribution in [-0.4, -0.2) is 0 Å². The molecule has 1 aromatic heterocycles. The van der Waals surface area contributed by atoms with Gasteiger partial charge in [0.1, 0.15) is 0 Å². The summed E-state index contributed by atoms with van der Waals surface area (Å²) >= 11 is 1.86. The Labute approximate surface area is 350 Å². The monoisotopic (exact) mass is 771 g/mol. The van der Waals surface area contributed by atoms with Crippen LogP contribution in [-0.2, 0) is 5.41 Å². The maximum atomic E-state index is 2.42. The third-order valence-electron chi connectivity index (χ3n) is 12.3. The van der Waals surface area contributed by atoms with Gasteiger partial charge in [0.15, 0.2) is 0 Å². The van der Waals surface area contributed by atoms with Gasteiger partial charge in [-0.25, -0.2) is 0 Å². The molecule has 1 aliphatic carbocycles. The van der Waals surface area contributed by atoms with Gasteiger partial charge in [0.25, 0.3) is 0 Å². The second kappa shape index (κ2) is 14.1. The van der Waals surface area contributed by atoms with E-state index in [9.17, 15) is 0 Å². The highest BCUT2D eigenvalue weighted by atomic mass is 32.1. The zero-order valence-electron chi connectivity index (χ0n) is 33.1. The fourth-order valence-corrected chi connectivity index (χ4v) is 10.4. The van der Waals surface area contributed by atoms with Gasteiger partial charge < -0.3 is 4.90 Å². The first kappa shape index (κ1) is 35.2. The molecule has 0 unspecified atom stereocenters. The molecule has 59 heavy (non-hydrogen) atoms. The Kier molecular flexibility index (Phi) is 8.43. The molecule has 1 aliphatic rings. The minimum Gasteiger partial charge on any atom is -0.310 e. The Balaban J connectivity index is 1.04. The maximum absolute atomic E-state index is 2.42. The molecule has 0 amide bonds. The molecule has 0 fully saturated rings. The lowest BCUT2D eigenvalue weighted by Gasteiger charge is -2.29. The van der Waals surface area contributed by atoms with Crippen molar-refractivity contribution in [3.63, 3.8) is 0 Å². The second-order valence-corrected chi connectivity index (χ2v) is 17.2. The van der Waals surface area contributed by atoms with Crippen LogP contribution in [0.1, 0.15) is 25.0 Å². The van der Waals surface area contributed by atoms with Crippen molar-refractivity contribution in [1.29, 1.82) is 0 Å². The van der Waals surface area contributed by atoms with Crippen LogP contribution in [0, 0.1) is 0 Å². The summed E-state index contributed by atoms with van der Waals surface area (Å²) < 4.78 is 2.65. The zero-order chi connectivity index (χ0) is 39.5. The third kappa shape index (κ3) is 5.99. The van der Waals surface area contributed by atoms with Crippen molar-refractivity contribution in [2.75, 3.05) is 4.90 Å². The van der Waals surface area contributed by atoms with Crippen LogP contribution in [0.4, 0.5) is 17.1 Å². The average Bonchev–Trinajstić information content (AvgIpc) is 3.78. The van der Waals surface area contributed by atoms with E-state index in [-0.39, 0.29) is 5.41 Å². The molecule has 0 atom stereocenters. The van der Waals surface area contributed by atoms with Gasteiger partial charge in [0, 0.05) is 42.5 Å². The van der Waals surface area contributed by atoms with E-state index in [0.717, 1.165) is 17.1 Å². The van der Waals surface area contributed by atoms with Crippen molar-refractivity contribution in [2.45, 2.75) is 19.3 Å². The van der Waals surface area contributed by atoms with Crippen LogP contribution >= 0.6 is 11.3 Å². The summed E-state index contributed by atoms with van der Waals surface area (Å²) in [6, 6.07) is 78.1. The van der Waals surface area contributed by atoms with E-state index in [2.05, 4.69) is 231 Å². The van der Waals surface area contributed by atoms with Crippen LogP contribution in [0.5, 0.6) is 0 Å². The van der Waals surface area contributed by atoms with Crippen LogP contribution in [0.15, 0.2) is 212 Å². The van der Waals surface area contributed by atoms with E-state index >= 15 is 0 Å². The fourth-order valence-electron chi connectivity index (χ4n) is 9.32. The van der Waals surface area contributed by atoms with Crippen LogP contribution in [0.3, 0.4) is 0 Å². The molecule has 10 aromatic rings. The molecular formula is C57H41NS. The van der Waals surface area contributed by atoms with E-state index in [1.54, 1.807) is 0 Å². The molecule has 280 valence electrons. The Morgan fingerprint density at radius 2 is 0.864 bits per heavy atom. The quantitative estimate of drug-likeness (QED) is 0.156. The lowest BCUT2D eigenvalue weighted by Crippen LogP contribution is -2.14. The number of benzene rings is 9. The number of rotatable bonds is 7. The molecular weight excluding hydrogens is 731 g/mol. The molecule has 0 radical (unpaired) electrons. The Morgan fingerprint density at radius 3 is 1.63 bits per heavy atom. The number of hydrogen-bond donors (Lipinski definition) is 0. The van der Waals surface area contributed by atoms with Crippen molar-refractivity contribution >= 4 is 48.6 Å². The topological polar surface area (TPSA) is 3.24 Å². The summed E-state index contributed by atoms with van der Waals surface area (Å²) in [5, 5.41) is 2.64. The summed E-state index contributed by atoms with van der Waals surface area (Å²) in [4.78, 5) is 2.42. The predicted molar refractivity (Wildman–Crippen MR) is 253 cm³/mol. The summed E-state index contributed by atoms with van der Waals surface area (Å²) in [6.07, 6.45) is 0. The van der Waals surface area contributed by atoms with Gasteiger partial charge in [-0.15, -0.1) is 11.3 Å². The van der Waals surface area contributed by atoms with Gasteiger partial charge in [-0.1, -0.05) is 172 Å². The predicted octanol–water partition coefficient (Wildman–Crippen LogP) is 16.5. The first-order valence-corrected chi connectivity index (χ1v) is 21.2. The second-order valence-electron chi connectivity index (χ2n) is 16.1. The minimum atomic E-state index is -0.0340. The molecule has 0 spiro atoms. The van der Waals surface area contributed by atoms with Crippen molar-refractivity contribution in [3.8, 4) is 55.6 Å². The first-order valence-electron chi connectivity index (χ1n) is 20.4. The van der Waals surface area contributed by atoms with E-state index in [1.165, 1.54) is 86.9 Å². The van der Waals surface area contributed by atoms with E-state index < -0.39 is 0 Å². The molecule has 0 bridgehead atoms. The highest BCUT2D eigenvalue weighted by Crippen LogP contribution is 2.51. The molecule has 0 saturated heterocycles. The molecule has 9 aromatic carbocycles. The van der Waals surface area contributed by atoms with Crippen LogP contribution < -0.4 is 4.90 Å². The molecule has 1 heterocycles. The number of fused-ring (bicyclic) bond motifs is 6. The minimum absolute atomic E-state index is 0.0340. The Bertz CT molecular complexity index is 3170.